The number of hydrogen-bond donors (Lipinski definition) is 1. The maximum Gasteiger partial charge on any atom is 0.141 e. The van der Waals surface area contributed by atoms with E-state index in [-0.39, 0.29) is 11.9 Å². The normalized spacial score (nSPS) is 12.8. The molecular weight excluding hydrogens is 297 g/mol. The summed E-state index contributed by atoms with van der Waals surface area (Å²) in [5.74, 6) is 0.703. The Balaban J connectivity index is 3.13. The average Bonchev–Trinajstić information content (AvgIpc) is 2.33. The number of benzene rings is 1. The van der Waals surface area contributed by atoms with Gasteiger partial charge in [-0.05, 0) is 40.9 Å². The zero-order chi connectivity index (χ0) is 13.7. The summed E-state index contributed by atoms with van der Waals surface area (Å²) >= 11 is 3.24. The van der Waals surface area contributed by atoms with Crippen LogP contribution in [0, 0.1) is 11.7 Å². The van der Waals surface area contributed by atoms with Gasteiger partial charge in [-0.15, -0.1) is 0 Å². The number of methoxy groups -OCH3 is 1. The van der Waals surface area contributed by atoms with Gasteiger partial charge >= 0.3 is 0 Å². The van der Waals surface area contributed by atoms with Crippen molar-refractivity contribution in [2.75, 3.05) is 13.7 Å². The minimum absolute atomic E-state index is 0.164. The summed E-state index contributed by atoms with van der Waals surface area (Å²) in [6.07, 6.45) is 1.06. The Labute approximate surface area is 117 Å². The molecule has 0 aliphatic rings. The van der Waals surface area contributed by atoms with Crippen LogP contribution in [0.2, 0.25) is 0 Å². The highest BCUT2D eigenvalue weighted by molar-refractivity contribution is 9.10. The largest absolute Gasteiger partial charge is 0.496 e. The van der Waals surface area contributed by atoms with Crippen molar-refractivity contribution in [3.8, 4) is 5.75 Å². The third-order valence-corrected chi connectivity index (χ3v) is 3.50. The summed E-state index contributed by atoms with van der Waals surface area (Å²) in [5.41, 5.74) is 0.995. The topological polar surface area (TPSA) is 21.3 Å². The molecular formula is C14H21BrFNO. The summed E-state index contributed by atoms with van der Waals surface area (Å²) in [6, 6.07) is 3.40. The van der Waals surface area contributed by atoms with Crippen LogP contribution in [0.1, 0.15) is 38.8 Å². The van der Waals surface area contributed by atoms with E-state index < -0.39 is 0 Å². The predicted molar refractivity (Wildman–Crippen MR) is 76.5 cm³/mol. The summed E-state index contributed by atoms with van der Waals surface area (Å²) in [4.78, 5) is 0. The fourth-order valence-electron chi connectivity index (χ4n) is 1.97. The lowest BCUT2D eigenvalue weighted by molar-refractivity contribution is 0.368. The molecule has 0 aliphatic carbocycles. The van der Waals surface area contributed by atoms with Gasteiger partial charge in [-0.2, -0.15) is 0 Å². The van der Waals surface area contributed by atoms with E-state index in [1.165, 1.54) is 6.07 Å². The van der Waals surface area contributed by atoms with E-state index >= 15 is 0 Å². The van der Waals surface area contributed by atoms with Crippen LogP contribution in [0.5, 0.6) is 5.75 Å². The zero-order valence-electron chi connectivity index (χ0n) is 11.4. The SMILES string of the molecule is CCCNC(c1cc(Br)c(F)cc1OC)C(C)C. The molecule has 1 aromatic rings. The Morgan fingerprint density at radius 2 is 2.06 bits per heavy atom. The van der Waals surface area contributed by atoms with Crippen LogP contribution in [0.15, 0.2) is 16.6 Å². The average molecular weight is 318 g/mol. The minimum atomic E-state index is -0.298. The predicted octanol–water partition coefficient (Wildman–Crippen LogP) is 4.29. The molecule has 102 valence electrons. The lowest BCUT2D eigenvalue weighted by atomic mass is 9.95. The van der Waals surface area contributed by atoms with E-state index in [4.69, 9.17) is 4.74 Å². The van der Waals surface area contributed by atoms with Gasteiger partial charge in [0.15, 0.2) is 0 Å². The fourth-order valence-corrected chi connectivity index (χ4v) is 2.33. The van der Waals surface area contributed by atoms with Crippen LogP contribution in [0.25, 0.3) is 0 Å². The van der Waals surface area contributed by atoms with E-state index in [0.717, 1.165) is 18.5 Å². The number of rotatable bonds is 6. The van der Waals surface area contributed by atoms with Gasteiger partial charge in [-0.3, -0.25) is 0 Å². The molecule has 4 heteroatoms. The second kappa shape index (κ2) is 7.10. The molecule has 1 rings (SSSR count). The van der Waals surface area contributed by atoms with Crippen LogP contribution in [0.4, 0.5) is 4.39 Å². The van der Waals surface area contributed by atoms with Crippen molar-refractivity contribution in [1.82, 2.24) is 5.32 Å². The molecule has 0 fully saturated rings. The molecule has 0 spiro atoms. The molecule has 0 radical (unpaired) electrons. The Morgan fingerprint density at radius 3 is 2.56 bits per heavy atom. The van der Waals surface area contributed by atoms with Crippen molar-refractivity contribution in [3.63, 3.8) is 0 Å². The first-order chi connectivity index (χ1) is 8.51. The number of ether oxygens (including phenoxy) is 1. The Kier molecular flexibility index (Phi) is 6.09. The van der Waals surface area contributed by atoms with Crippen LogP contribution in [-0.2, 0) is 0 Å². The van der Waals surface area contributed by atoms with E-state index in [1.807, 2.05) is 6.07 Å². The molecule has 0 amide bonds. The molecule has 0 bridgehead atoms. The highest BCUT2D eigenvalue weighted by Crippen LogP contribution is 2.34. The number of halogens is 2. The van der Waals surface area contributed by atoms with Gasteiger partial charge in [0, 0.05) is 17.7 Å². The Morgan fingerprint density at radius 1 is 1.39 bits per heavy atom. The van der Waals surface area contributed by atoms with Crippen LogP contribution < -0.4 is 10.1 Å². The summed E-state index contributed by atoms with van der Waals surface area (Å²) < 4.78 is 19.3. The highest BCUT2D eigenvalue weighted by Gasteiger charge is 2.20. The van der Waals surface area contributed by atoms with Gasteiger partial charge in [-0.25, -0.2) is 4.39 Å². The maximum atomic E-state index is 13.5. The smallest absolute Gasteiger partial charge is 0.141 e. The van der Waals surface area contributed by atoms with E-state index in [0.29, 0.717) is 16.1 Å². The van der Waals surface area contributed by atoms with Crippen molar-refractivity contribution in [2.45, 2.75) is 33.2 Å². The second-order valence-electron chi connectivity index (χ2n) is 4.68. The van der Waals surface area contributed by atoms with Crippen LogP contribution in [0.3, 0.4) is 0 Å². The monoisotopic (exact) mass is 317 g/mol. The molecule has 0 aliphatic heterocycles. The van der Waals surface area contributed by atoms with Crippen LogP contribution in [-0.4, -0.2) is 13.7 Å². The molecule has 0 saturated carbocycles. The van der Waals surface area contributed by atoms with Gasteiger partial charge in [0.25, 0.3) is 0 Å². The lowest BCUT2D eigenvalue weighted by Gasteiger charge is -2.25. The molecule has 2 nitrogen and oxygen atoms in total. The van der Waals surface area contributed by atoms with E-state index in [9.17, 15) is 4.39 Å². The molecule has 0 aromatic heterocycles. The van der Waals surface area contributed by atoms with Crippen molar-refractivity contribution in [2.24, 2.45) is 5.92 Å². The third-order valence-electron chi connectivity index (χ3n) is 2.89. The minimum Gasteiger partial charge on any atom is -0.496 e. The van der Waals surface area contributed by atoms with Crippen molar-refractivity contribution < 1.29 is 9.13 Å². The molecule has 0 heterocycles. The maximum absolute atomic E-state index is 13.5. The van der Waals surface area contributed by atoms with Gasteiger partial charge in [0.1, 0.15) is 11.6 Å². The standard InChI is InChI=1S/C14H21BrFNO/c1-5-6-17-14(9(2)3)10-7-11(15)12(16)8-13(10)18-4/h7-9,14,17H,5-6H2,1-4H3. The number of nitrogens with one attached hydrogen (secondary N) is 1. The van der Waals surface area contributed by atoms with Crippen molar-refractivity contribution in [1.29, 1.82) is 0 Å². The Bertz CT molecular complexity index is 396. The first-order valence-electron chi connectivity index (χ1n) is 6.27. The summed E-state index contributed by atoms with van der Waals surface area (Å²) in [5, 5.41) is 3.48. The summed E-state index contributed by atoms with van der Waals surface area (Å²) in [7, 11) is 1.57. The molecule has 1 aromatic carbocycles. The Hall–Kier alpha value is -0.610. The van der Waals surface area contributed by atoms with Crippen molar-refractivity contribution in [3.05, 3.63) is 28.0 Å². The van der Waals surface area contributed by atoms with E-state index in [1.54, 1.807) is 7.11 Å². The highest BCUT2D eigenvalue weighted by atomic mass is 79.9. The zero-order valence-corrected chi connectivity index (χ0v) is 13.0. The molecule has 1 N–H and O–H groups in total. The van der Waals surface area contributed by atoms with E-state index in [2.05, 4.69) is 42.0 Å². The molecule has 0 saturated heterocycles. The first-order valence-corrected chi connectivity index (χ1v) is 7.06. The van der Waals surface area contributed by atoms with Gasteiger partial charge in [0.05, 0.1) is 11.6 Å². The fraction of sp³-hybridized carbons (Fsp3) is 0.571. The molecule has 1 atom stereocenters. The van der Waals surface area contributed by atoms with Gasteiger partial charge in [0.2, 0.25) is 0 Å². The lowest BCUT2D eigenvalue weighted by Crippen LogP contribution is -2.27. The third kappa shape index (κ3) is 3.69. The van der Waals surface area contributed by atoms with Crippen LogP contribution >= 0.6 is 15.9 Å². The molecule has 18 heavy (non-hydrogen) atoms. The quantitative estimate of drug-likeness (QED) is 0.845. The van der Waals surface area contributed by atoms with Crippen molar-refractivity contribution >= 4 is 15.9 Å². The van der Waals surface area contributed by atoms with Gasteiger partial charge < -0.3 is 10.1 Å². The second-order valence-corrected chi connectivity index (χ2v) is 5.54. The first kappa shape index (κ1) is 15.4. The number of hydrogen-bond acceptors (Lipinski definition) is 2. The summed E-state index contributed by atoms with van der Waals surface area (Å²) in [6.45, 7) is 7.34. The molecule has 1 unspecified atom stereocenters. The van der Waals surface area contributed by atoms with Gasteiger partial charge in [-0.1, -0.05) is 20.8 Å².